The topological polar surface area (TPSA) is 29.4 Å². The molecule has 1 aliphatic rings. The average Bonchev–Trinajstić information content (AvgIpc) is 2.61. The molecule has 4 rings (SSSR count). The van der Waals surface area contributed by atoms with Crippen molar-refractivity contribution in [3.63, 3.8) is 0 Å². The van der Waals surface area contributed by atoms with Crippen LogP contribution in [0.3, 0.4) is 0 Å². The maximum atomic E-state index is 14.1. The molecular weight excluding hydrogens is 325 g/mol. The SMILES string of the molecule is CC1(C)Cc2ccccc2C(CC(=O)c2ccc(F)c3ccccc23)=N1. The summed E-state index contributed by atoms with van der Waals surface area (Å²) in [6.07, 6.45) is 1.08. The molecule has 2 nitrogen and oxygen atoms in total. The molecule has 26 heavy (non-hydrogen) atoms. The predicted molar refractivity (Wildman–Crippen MR) is 104 cm³/mol. The molecule has 1 aliphatic heterocycles. The zero-order valence-corrected chi connectivity index (χ0v) is 14.9. The van der Waals surface area contributed by atoms with Gasteiger partial charge in [-0.1, -0.05) is 48.5 Å². The second-order valence-electron chi connectivity index (χ2n) is 7.45. The fourth-order valence-electron chi connectivity index (χ4n) is 3.77. The zero-order valence-electron chi connectivity index (χ0n) is 14.9. The summed E-state index contributed by atoms with van der Waals surface area (Å²) in [6, 6.07) is 18.2. The van der Waals surface area contributed by atoms with Crippen LogP contribution in [0.5, 0.6) is 0 Å². The lowest BCUT2D eigenvalue weighted by atomic mass is 9.85. The standard InChI is InChI=1S/C23H20FNO/c1-23(2)14-15-7-3-4-8-16(15)21(25-23)13-22(26)19-11-12-20(24)18-10-6-5-9-17(18)19/h3-12H,13-14H2,1-2H3. The van der Waals surface area contributed by atoms with Crippen molar-refractivity contribution in [3.05, 3.63) is 83.2 Å². The zero-order chi connectivity index (χ0) is 18.3. The van der Waals surface area contributed by atoms with Crippen LogP contribution in [0.25, 0.3) is 10.8 Å². The summed E-state index contributed by atoms with van der Waals surface area (Å²) in [6.45, 7) is 4.17. The van der Waals surface area contributed by atoms with Crippen molar-refractivity contribution < 1.29 is 9.18 Å². The normalized spacial score (nSPS) is 15.4. The maximum absolute atomic E-state index is 14.1. The third kappa shape index (κ3) is 2.94. The molecule has 3 heteroatoms. The number of carbonyl (C=O) groups is 1. The summed E-state index contributed by atoms with van der Waals surface area (Å²) < 4.78 is 14.1. The van der Waals surface area contributed by atoms with E-state index in [-0.39, 0.29) is 23.6 Å². The Morgan fingerprint density at radius 1 is 1.00 bits per heavy atom. The van der Waals surface area contributed by atoms with Gasteiger partial charge in [-0.3, -0.25) is 9.79 Å². The largest absolute Gasteiger partial charge is 0.294 e. The Labute approximate surface area is 152 Å². The minimum atomic E-state index is -0.307. The van der Waals surface area contributed by atoms with Gasteiger partial charge in [0.05, 0.1) is 17.7 Å². The van der Waals surface area contributed by atoms with Crippen molar-refractivity contribution in [2.75, 3.05) is 0 Å². The summed E-state index contributed by atoms with van der Waals surface area (Å²) in [7, 11) is 0. The number of benzene rings is 3. The van der Waals surface area contributed by atoms with Gasteiger partial charge < -0.3 is 0 Å². The lowest BCUT2D eigenvalue weighted by Gasteiger charge is -2.29. The second-order valence-corrected chi connectivity index (χ2v) is 7.45. The highest BCUT2D eigenvalue weighted by Gasteiger charge is 2.27. The Bertz CT molecular complexity index is 1050. The molecule has 0 fully saturated rings. The quantitative estimate of drug-likeness (QED) is 0.586. The first kappa shape index (κ1) is 16.6. The van der Waals surface area contributed by atoms with Gasteiger partial charge in [-0.05, 0) is 48.9 Å². The molecular formula is C23H20FNO. The number of halogens is 1. The van der Waals surface area contributed by atoms with Crippen molar-refractivity contribution >= 4 is 22.3 Å². The molecule has 0 bridgehead atoms. The molecule has 0 spiro atoms. The van der Waals surface area contributed by atoms with Gasteiger partial charge in [0.25, 0.3) is 0 Å². The molecule has 0 aliphatic carbocycles. The number of ketones is 1. The van der Waals surface area contributed by atoms with Crippen LogP contribution >= 0.6 is 0 Å². The first-order valence-corrected chi connectivity index (χ1v) is 8.82. The van der Waals surface area contributed by atoms with Crippen molar-refractivity contribution in [2.45, 2.75) is 32.2 Å². The number of Topliss-reactive ketones (excluding diaryl/α,β-unsaturated/α-hetero) is 1. The van der Waals surface area contributed by atoms with E-state index in [4.69, 9.17) is 4.99 Å². The molecule has 0 saturated heterocycles. The number of hydrogen-bond acceptors (Lipinski definition) is 2. The van der Waals surface area contributed by atoms with Crippen molar-refractivity contribution in [1.29, 1.82) is 0 Å². The molecule has 3 aromatic carbocycles. The summed E-state index contributed by atoms with van der Waals surface area (Å²) in [5.74, 6) is -0.342. The van der Waals surface area contributed by atoms with E-state index in [1.54, 1.807) is 24.3 Å². The molecule has 130 valence electrons. The van der Waals surface area contributed by atoms with Gasteiger partial charge in [-0.15, -0.1) is 0 Å². The van der Waals surface area contributed by atoms with E-state index in [0.717, 1.165) is 17.7 Å². The Hall–Kier alpha value is -2.81. The number of fused-ring (bicyclic) bond motifs is 2. The third-order valence-corrected chi connectivity index (χ3v) is 4.89. The number of hydrogen-bond donors (Lipinski definition) is 0. The Morgan fingerprint density at radius 2 is 1.69 bits per heavy atom. The Kier molecular flexibility index (Phi) is 3.95. The molecule has 0 saturated carbocycles. The van der Waals surface area contributed by atoms with Crippen LogP contribution in [-0.2, 0) is 6.42 Å². The third-order valence-electron chi connectivity index (χ3n) is 4.89. The second kappa shape index (κ2) is 6.17. The van der Waals surface area contributed by atoms with Crippen LogP contribution in [0.2, 0.25) is 0 Å². The van der Waals surface area contributed by atoms with E-state index >= 15 is 0 Å². The minimum absolute atomic E-state index is 0.0348. The van der Waals surface area contributed by atoms with Crippen LogP contribution in [0.15, 0.2) is 65.7 Å². The molecule has 0 radical (unpaired) electrons. The van der Waals surface area contributed by atoms with Crippen molar-refractivity contribution in [2.24, 2.45) is 4.99 Å². The highest BCUT2D eigenvalue weighted by molar-refractivity contribution is 6.20. The smallest absolute Gasteiger partial charge is 0.169 e. The van der Waals surface area contributed by atoms with Gasteiger partial charge in [0.15, 0.2) is 5.78 Å². The highest BCUT2D eigenvalue weighted by Crippen LogP contribution is 2.29. The van der Waals surface area contributed by atoms with Gasteiger partial charge in [-0.2, -0.15) is 0 Å². The van der Waals surface area contributed by atoms with Crippen molar-refractivity contribution in [3.8, 4) is 0 Å². The van der Waals surface area contributed by atoms with E-state index in [1.165, 1.54) is 11.6 Å². The van der Waals surface area contributed by atoms with E-state index in [9.17, 15) is 9.18 Å². The van der Waals surface area contributed by atoms with Crippen LogP contribution in [0.4, 0.5) is 4.39 Å². The van der Waals surface area contributed by atoms with Gasteiger partial charge in [0, 0.05) is 10.9 Å². The van der Waals surface area contributed by atoms with E-state index in [0.29, 0.717) is 16.3 Å². The number of aliphatic imine (C=N–C) groups is 1. The van der Waals surface area contributed by atoms with Gasteiger partial charge >= 0.3 is 0 Å². The fourth-order valence-corrected chi connectivity index (χ4v) is 3.77. The van der Waals surface area contributed by atoms with Gasteiger partial charge in [-0.25, -0.2) is 4.39 Å². The Morgan fingerprint density at radius 3 is 2.50 bits per heavy atom. The van der Waals surface area contributed by atoms with Gasteiger partial charge in [0.2, 0.25) is 0 Å². The minimum Gasteiger partial charge on any atom is -0.294 e. The number of rotatable bonds is 3. The van der Waals surface area contributed by atoms with Gasteiger partial charge in [0.1, 0.15) is 5.82 Å². The molecule has 1 heterocycles. The summed E-state index contributed by atoms with van der Waals surface area (Å²) in [5, 5.41) is 1.13. The average molecular weight is 345 g/mol. The van der Waals surface area contributed by atoms with Crippen LogP contribution < -0.4 is 0 Å². The summed E-state index contributed by atoms with van der Waals surface area (Å²) in [5.41, 5.74) is 3.40. The van der Waals surface area contributed by atoms with Crippen LogP contribution in [0, 0.1) is 5.82 Å². The molecule has 0 aromatic heterocycles. The highest BCUT2D eigenvalue weighted by atomic mass is 19.1. The first-order chi connectivity index (χ1) is 12.4. The van der Waals surface area contributed by atoms with Crippen LogP contribution in [0.1, 0.15) is 41.8 Å². The first-order valence-electron chi connectivity index (χ1n) is 8.82. The molecule has 0 unspecified atom stereocenters. The fraction of sp³-hybridized carbons (Fsp3) is 0.217. The lowest BCUT2D eigenvalue weighted by Crippen LogP contribution is -2.30. The van der Waals surface area contributed by atoms with Crippen molar-refractivity contribution in [1.82, 2.24) is 0 Å². The lowest BCUT2D eigenvalue weighted by molar-refractivity contribution is 0.100. The van der Waals surface area contributed by atoms with E-state index in [2.05, 4.69) is 19.9 Å². The van der Waals surface area contributed by atoms with Crippen LogP contribution in [-0.4, -0.2) is 17.0 Å². The monoisotopic (exact) mass is 345 g/mol. The predicted octanol–water partition coefficient (Wildman–Crippen LogP) is 5.38. The number of carbonyl (C=O) groups excluding carboxylic acids is 1. The van der Waals surface area contributed by atoms with E-state index < -0.39 is 0 Å². The molecule has 3 aromatic rings. The maximum Gasteiger partial charge on any atom is 0.169 e. The Balaban J connectivity index is 1.75. The summed E-state index contributed by atoms with van der Waals surface area (Å²) >= 11 is 0. The molecule has 0 amide bonds. The van der Waals surface area contributed by atoms with E-state index in [1.807, 2.05) is 24.3 Å². The number of nitrogens with zero attached hydrogens (tertiary/aromatic N) is 1. The summed E-state index contributed by atoms with van der Waals surface area (Å²) in [4.78, 5) is 17.9. The molecule has 0 N–H and O–H groups in total. The molecule has 0 atom stereocenters.